The van der Waals surface area contributed by atoms with Crippen LogP contribution < -0.4 is 11.1 Å². The minimum absolute atomic E-state index is 0. The number of amides is 1. The maximum atomic E-state index is 11.8. The standard InChI is InChI=1S/C15H22N2OS.ClH/c16-14-4-2-1-3-13(14)5-6-15(18)17-11-12-7-9-19-10-8-12;/h1-4,12H,5-11,16H2,(H,17,18);1H. The molecule has 0 aromatic heterocycles. The molecule has 0 radical (unpaired) electrons. The van der Waals surface area contributed by atoms with Gasteiger partial charge < -0.3 is 11.1 Å². The van der Waals surface area contributed by atoms with Crippen LogP contribution in [0.1, 0.15) is 24.8 Å². The predicted octanol–water partition coefficient (Wildman–Crippen LogP) is 2.88. The fraction of sp³-hybridized carbons (Fsp3) is 0.533. The van der Waals surface area contributed by atoms with Gasteiger partial charge in [-0.3, -0.25) is 4.79 Å². The van der Waals surface area contributed by atoms with Gasteiger partial charge in [-0.15, -0.1) is 12.4 Å². The zero-order chi connectivity index (χ0) is 13.5. The van der Waals surface area contributed by atoms with Crippen molar-refractivity contribution in [1.29, 1.82) is 0 Å². The van der Waals surface area contributed by atoms with Crippen LogP contribution in [-0.4, -0.2) is 24.0 Å². The highest BCUT2D eigenvalue weighted by Gasteiger charge is 2.14. The van der Waals surface area contributed by atoms with Crippen LogP contribution in [0.15, 0.2) is 24.3 Å². The number of nitrogen functional groups attached to an aromatic ring is 1. The first-order valence-electron chi connectivity index (χ1n) is 6.93. The van der Waals surface area contributed by atoms with Crippen LogP contribution in [0, 0.1) is 5.92 Å². The van der Waals surface area contributed by atoms with Crippen molar-refractivity contribution in [3.63, 3.8) is 0 Å². The topological polar surface area (TPSA) is 55.1 Å². The van der Waals surface area contributed by atoms with E-state index in [-0.39, 0.29) is 18.3 Å². The summed E-state index contributed by atoms with van der Waals surface area (Å²) >= 11 is 2.02. The van der Waals surface area contributed by atoms with Gasteiger partial charge in [0.1, 0.15) is 0 Å². The van der Waals surface area contributed by atoms with E-state index in [9.17, 15) is 4.79 Å². The molecule has 3 N–H and O–H groups in total. The fourth-order valence-electron chi connectivity index (χ4n) is 2.31. The van der Waals surface area contributed by atoms with E-state index in [1.165, 1.54) is 24.3 Å². The quantitative estimate of drug-likeness (QED) is 0.822. The molecule has 0 aliphatic carbocycles. The Kier molecular flexibility index (Phi) is 7.85. The van der Waals surface area contributed by atoms with Crippen LogP contribution in [-0.2, 0) is 11.2 Å². The highest BCUT2D eigenvalue weighted by molar-refractivity contribution is 7.99. The van der Waals surface area contributed by atoms with Crippen molar-refractivity contribution in [3.8, 4) is 0 Å². The van der Waals surface area contributed by atoms with E-state index in [0.29, 0.717) is 12.3 Å². The van der Waals surface area contributed by atoms with Crippen molar-refractivity contribution in [2.45, 2.75) is 25.7 Å². The number of carbonyl (C=O) groups is 1. The molecule has 0 spiro atoms. The van der Waals surface area contributed by atoms with Gasteiger partial charge in [-0.1, -0.05) is 18.2 Å². The number of hydrogen-bond acceptors (Lipinski definition) is 3. The maximum Gasteiger partial charge on any atom is 0.220 e. The molecule has 1 aliphatic rings. The summed E-state index contributed by atoms with van der Waals surface area (Å²) in [5.74, 6) is 3.29. The molecule has 0 saturated carbocycles. The van der Waals surface area contributed by atoms with Gasteiger partial charge in [-0.05, 0) is 48.3 Å². The number of aryl methyl sites for hydroxylation is 1. The van der Waals surface area contributed by atoms with Crippen molar-refractivity contribution < 1.29 is 4.79 Å². The molecule has 1 heterocycles. The lowest BCUT2D eigenvalue weighted by Gasteiger charge is -2.21. The summed E-state index contributed by atoms with van der Waals surface area (Å²) < 4.78 is 0. The molecule has 0 unspecified atom stereocenters. The molecule has 2 rings (SSSR count). The molecule has 112 valence electrons. The second-order valence-corrected chi connectivity index (χ2v) is 6.28. The van der Waals surface area contributed by atoms with Gasteiger partial charge in [-0.2, -0.15) is 11.8 Å². The average molecular weight is 315 g/mol. The number of hydrogen-bond donors (Lipinski definition) is 2. The summed E-state index contributed by atoms with van der Waals surface area (Å²) in [6, 6.07) is 7.75. The highest BCUT2D eigenvalue weighted by atomic mass is 35.5. The van der Waals surface area contributed by atoms with Gasteiger partial charge in [0.2, 0.25) is 5.91 Å². The molecule has 5 heteroatoms. The third-order valence-corrected chi connectivity index (χ3v) is 4.65. The van der Waals surface area contributed by atoms with Gasteiger partial charge in [0.15, 0.2) is 0 Å². The molecule has 1 fully saturated rings. The fourth-order valence-corrected chi connectivity index (χ4v) is 3.51. The third-order valence-electron chi connectivity index (χ3n) is 3.61. The van der Waals surface area contributed by atoms with E-state index in [4.69, 9.17) is 5.73 Å². The van der Waals surface area contributed by atoms with Crippen LogP contribution in [0.2, 0.25) is 0 Å². The number of anilines is 1. The number of rotatable bonds is 5. The average Bonchev–Trinajstić information content (AvgIpc) is 2.45. The predicted molar refractivity (Wildman–Crippen MR) is 89.5 cm³/mol. The van der Waals surface area contributed by atoms with Gasteiger partial charge in [0.05, 0.1) is 0 Å². The Hall–Kier alpha value is -0.870. The smallest absolute Gasteiger partial charge is 0.220 e. The first-order valence-corrected chi connectivity index (χ1v) is 8.09. The third kappa shape index (κ3) is 5.63. The van der Waals surface area contributed by atoms with Crippen molar-refractivity contribution in [3.05, 3.63) is 29.8 Å². The van der Waals surface area contributed by atoms with Crippen molar-refractivity contribution >= 4 is 35.8 Å². The summed E-state index contributed by atoms with van der Waals surface area (Å²) in [7, 11) is 0. The highest BCUT2D eigenvalue weighted by Crippen LogP contribution is 2.21. The molecule has 3 nitrogen and oxygen atoms in total. The summed E-state index contributed by atoms with van der Waals surface area (Å²) in [6.45, 7) is 0.837. The van der Waals surface area contributed by atoms with Crippen LogP contribution in [0.5, 0.6) is 0 Å². The lowest BCUT2D eigenvalue weighted by molar-refractivity contribution is -0.121. The largest absolute Gasteiger partial charge is 0.399 e. The number of carbonyl (C=O) groups excluding carboxylic acids is 1. The van der Waals surface area contributed by atoms with Crippen LogP contribution in [0.3, 0.4) is 0 Å². The molecule has 1 aromatic carbocycles. The van der Waals surface area contributed by atoms with E-state index < -0.39 is 0 Å². The van der Waals surface area contributed by atoms with Gasteiger partial charge in [0.25, 0.3) is 0 Å². The Bertz CT molecular complexity index is 422. The monoisotopic (exact) mass is 314 g/mol. The number of nitrogens with one attached hydrogen (secondary N) is 1. The molecular formula is C15H23ClN2OS. The van der Waals surface area contributed by atoms with E-state index in [2.05, 4.69) is 5.32 Å². The van der Waals surface area contributed by atoms with Crippen LogP contribution >= 0.6 is 24.2 Å². The van der Waals surface area contributed by atoms with Gasteiger partial charge in [0, 0.05) is 18.7 Å². The van der Waals surface area contributed by atoms with Gasteiger partial charge >= 0.3 is 0 Å². The molecule has 0 bridgehead atoms. The van der Waals surface area contributed by atoms with Gasteiger partial charge in [-0.25, -0.2) is 0 Å². The Morgan fingerprint density at radius 3 is 2.70 bits per heavy atom. The zero-order valence-electron chi connectivity index (χ0n) is 11.6. The summed E-state index contributed by atoms with van der Waals surface area (Å²) in [4.78, 5) is 11.8. The number of para-hydroxylation sites is 1. The van der Waals surface area contributed by atoms with Crippen molar-refractivity contribution in [2.24, 2.45) is 5.92 Å². The second kappa shape index (κ2) is 9.14. The molecule has 1 aliphatic heterocycles. The first kappa shape index (κ1) is 17.2. The lowest BCUT2D eigenvalue weighted by Crippen LogP contribution is -2.31. The molecule has 1 saturated heterocycles. The number of thioether (sulfide) groups is 1. The van der Waals surface area contributed by atoms with Crippen molar-refractivity contribution in [1.82, 2.24) is 5.32 Å². The normalized spacial score (nSPS) is 15.4. The second-order valence-electron chi connectivity index (χ2n) is 5.06. The maximum absolute atomic E-state index is 11.8. The SMILES string of the molecule is Cl.Nc1ccccc1CCC(=O)NCC1CCSCC1. The van der Waals surface area contributed by atoms with E-state index in [0.717, 1.165) is 24.2 Å². The summed E-state index contributed by atoms with van der Waals surface area (Å²) in [6.07, 6.45) is 3.71. The van der Waals surface area contributed by atoms with E-state index >= 15 is 0 Å². The Balaban J connectivity index is 0.00000200. The lowest BCUT2D eigenvalue weighted by atomic mass is 10.0. The van der Waals surface area contributed by atoms with Crippen LogP contribution in [0.25, 0.3) is 0 Å². The Morgan fingerprint density at radius 2 is 2.00 bits per heavy atom. The summed E-state index contributed by atoms with van der Waals surface area (Å²) in [5.41, 5.74) is 7.70. The molecule has 1 aromatic rings. The summed E-state index contributed by atoms with van der Waals surface area (Å²) in [5, 5.41) is 3.05. The van der Waals surface area contributed by atoms with E-state index in [1.54, 1.807) is 0 Å². The Labute approximate surface area is 131 Å². The molecule has 20 heavy (non-hydrogen) atoms. The number of benzene rings is 1. The number of nitrogens with two attached hydrogens (primary N) is 1. The minimum atomic E-state index is 0. The van der Waals surface area contributed by atoms with Crippen LogP contribution in [0.4, 0.5) is 5.69 Å². The zero-order valence-corrected chi connectivity index (χ0v) is 13.3. The molecule has 1 amide bonds. The molecular weight excluding hydrogens is 292 g/mol. The van der Waals surface area contributed by atoms with Crippen molar-refractivity contribution in [2.75, 3.05) is 23.8 Å². The van der Waals surface area contributed by atoms with E-state index in [1.807, 2.05) is 36.0 Å². The number of halogens is 1. The Morgan fingerprint density at radius 1 is 1.30 bits per heavy atom. The first-order chi connectivity index (χ1) is 9.25. The molecule has 0 atom stereocenters. The minimum Gasteiger partial charge on any atom is -0.399 e.